The number of benzene rings is 4. The fraction of sp³-hybridized carbons (Fsp3) is 0.207. The van der Waals surface area contributed by atoms with Gasteiger partial charge >= 0.3 is 0 Å². The van der Waals surface area contributed by atoms with Crippen LogP contribution in [0.15, 0.2) is 77.9 Å². The van der Waals surface area contributed by atoms with Crippen molar-refractivity contribution in [2.24, 2.45) is 5.10 Å². The largest absolute Gasteiger partial charge is 0.507 e. The summed E-state index contributed by atoms with van der Waals surface area (Å²) in [6, 6.07) is 23.3. The zero-order chi connectivity index (χ0) is 25.2. The molecule has 4 aromatic rings. The molecule has 1 heterocycles. The van der Waals surface area contributed by atoms with Gasteiger partial charge in [0.15, 0.2) is 0 Å². The summed E-state index contributed by atoms with van der Waals surface area (Å²) in [6.45, 7) is 0. The summed E-state index contributed by atoms with van der Waals surface area (Å²) in [5.74, 6) is 2.65. The van der Waals surface area contributed by atoms with Crippen LogP contribution in [0.5, 0.6) is 28.7 Å². The Kier molecular flexibility index (Phi) is 6.29. The van der Waals surface area contributed by atoms with E-state index in [2.05, 4.69) is 18.2 Å². The lowest BCUT2D eigenvalue weighted by atomic mass is 9.93. The van der Waals surface area contributed by atoms with Crippen molar-refractivity contribution >= 4 is 22.2 Å². The fourth-order valence-electron chi connectivity index (χ4n) is 4.78. The van der Waals surface area contributed by atoms with E-state index in [1.165, 1.54) is 0 Å². The second-order valence-electron chi connectivity index (χ2n) is 8.44. The Morgan fingerprint density at radius 3 is 2.11 bits per heavy atom. The van der Waals surface area contributed by atoms with Crippen molar-refractivity contribution in [1.29, 1.82) is 0 Å². The minimum atomic E-state index is -0.129. The Hall–Kier alpha value is -4.39. The van der Waals surface area contributed by atoms with Gasteiger partial charge in [0.25, 0.3) is 0 Å². The van der Waals surface area contributed by atoms with Gasteiger partial charge in [-0.05, 0) is 41.3 Å². The molecule has 0 fully saturated rings. The minimum absolute atomic E-state index is 0.0554. The Morgan fingerprint density at radius 1 is 0.750 bits per heavy atom. The van der Waals surface area contributed by atoms with Crippen LogP contribution in [0.25, 0.3) is 10.8 Å². The third kappa shape index (κ3) is 4.02. The van der Waals surface area contributed by atoms with Crippen LogP contribution < -0.4 is 24.0 Å². The second-order valence-corrected chi connectivity index (χ2v) is 8.44. The van der Waals surface area contributed by atoms with Crippen LogP contribution in [0.2, 0.25) is 0 Å². The van der Waals surface area contributed by atoms with Gasteiger partial charge in [-0.3, -0.25) is 5.01 Å². The molecule has 36 heavy (non-hydrogen) atoms. The van der Waals surface area contributed by atoms with E-state index in [0.717, 1.165) is 33.5 Å². The molecule has 0 saturated heterocycles. The van der Waals surface area contributed by atoms with Gasteiger partial charge in [0.2, 0.25) is 0 Å². The topological polar surface area (TPSA) is 72.8 Å². The fourth-order valence-corrected chi connectivity index (χ4v) is 4.78. The number of methoxy groups -OCH3 is 4. The van der Waals surface area contributed by atoms with Gasteiger partial charge in [-0.15, -0.1) is 0 Å². The van der Waals surface area contributed by atoms with Crippen LogP contribution in [0.1, 0.15) is 23.6 Å². The van der Waals surface area contributed by atoms with Crippen molar-refractivity contribution < 1.29 is 24.1 Å². The minimum Gasteiger partial charge on any atom is -0.507 e. The predicted molar refractivity (Wildman–Crippen MR) is 141 cm³/mol. The molecule has 0 spiro atoms. The van der Waals surface area contributed by atoms with Crippen molar-refractivity contribution in [3.8, 4) is 28.7 Å². The smallest absolute Gasteiger partial charge is 0.135 e. The highest BCUT2D eigenvalue weighted by atomic mass is 16.5. The number of fused-ring (bicyclic) bond motifs is 1. The number of phenols is 1. The molecule has 4 aromatic carbocycles. The van der Waals surface area contributed by atoms with Gasteiger partial charge in [-0.25, -0.2) is 0 Å². The maximum absolute atomic E-state index is 10.9. The molecule has 5 rings (SSSR count). The number of hydrogen-bond acceptors (Lipinski definition) is 7. The summed E-state index contributed by atoms with van der Waals surface area (Å²) in [5.41, 5.74) is 3.28. The first-order valence-corrected chi connectivity index (χ1v) is 11.6. The first-order valence-electron chi connectivity index (χ1n) is 11.6. The van der Waals surface area contributed by atoms with Crippen LogP contribution in [0.3, 0.4) is 0 Å². The Morgan fingerprint density at radius 2 is 1.44 bits per heavy atom. The highest BCUT2D eigenvalue weighted by molar-refractivity contribution is 6.08. The summed E-state index contributed by atoms with van der Waals surface area (Å²) in [5, 5.41) is 20.0. The van der Waals surface area contributed by atoms with Gasteiger partial charge in [0.1, 0.15) is 28.7 Å². The van der Waals surface area contributed by atoms with Crippen molar-refractivity contribution in [3.05, 3.63) is 83.9 Å². The van der Waals surface area contributed by atoms with Crippen molar-refractivity contribution in [2.75, 3.05) is 33.4 Å². The van der Waals surface area contributed by atoms with Gasteiger partial charge in [0.05, 0.1) is 51.4 Å². The molecule has 0 bridgehead atoms. The highest BCUT2D eigenvalue weighted by Crippen LogP contribution is 2.44. The normalized spacial score (nSPS) is 15.1. The summed E-state index contributed by atoms with van der Waals surface area (Å²) < 4.78 is 21.9. The number of nitrogens with zero attached hydrogens (tertiary/aromatic N) is 2. The van der Waals surface area contributed by atoms with Crippen molar-refractivity contribution in [3.63, 3.8) is 0 Å². The molecule has 7 heteroatoms. The van der Waals surface area contributed by atoms with E-state index in [1.54, 1.807) is 40.6 Å². The number of rotatable bonds is 7. The molecule has 0 radical (unpaired) electrons. The van der Waals surface area contributed by atoms with Gasteiger partial charge in [0, 0.05) is 23.9 Å². The summed E-state index contributed by atoms with van der Waals surface area (Å²) in [6.07, 6.45) is 0.554. The number of hydrazone groups is 1. The first-order chi connectivity index (χ1) is 17.6. The molecular weight excluding hydrogens is 456 g/mol. The molecule has 0 aromatic heterocycles. The monoisotopic (exact) mass is 484 g/mol. The van der Waals surface area contributed by atoms with Crippen molar-refractivity contribution in [2.45, 2.75) is 12.5 Å². The maximum atomic E-state index is 10.9. The molecular formula is C29H28N2O5. The predicted octanol–water partition coefficient (Wildman–Crippen LogP) is 5.94. The number of hydrogen-bond donors (Lipinski definition) is 1. The standard InChI is InChI=1S/C29H28N2O5/c1-33-19-11-9-18(10-12-19)31-25(22-13-14-27(35-3)23-8-6-5-7-21(22)23)17-24(30-31)29-26(32)15-20(34-2)16-28(29)36-4/h5-16,25,32H,17H2,1-4H3. The van der Waals surface area contributed by atoms with Gasteiger partial charge in [-0.2, -0.15) is 5.10 Å². The molecule has 1 aliphatic heterocycles. The number of phenolic OH excluding ortho intramolecular Hbond substituents is 1. The molecule has 1 aliphatic rings. The van der Waals surface area contributed by atoms with E-state index in [9.17, 15) is 5.11 Å². The van der Waals surface area contributed by atoms with Crippen molar-refractivity contribution in [1.82, 2.24) is 0 Å². The summed E-state index contributed by atoms with van der Waals surface area (Å²) in [7, 11) is 6.45. The Bertz CT molecular complexity index is 1430. The SMILES string of the molecule is COc1ccc(N2N=C(c3c(O)cc(OC)cc3OC)CC2c2ccc(OC)c3ccccc23)cc1. The van der Waals surface area contributed by atoms with E-state index in [1.807, 2.05) is 47.5 Å². The molecule has 1 atom stereocenters. The second kappa shape index (κ2) is 9.70. The maximum Gasteiger partial charge on any atom is 0.135 e. The number of ether oxygens (including phenoxy) is 4. The average molecular weight is 485 g/mol. The van der Waals surface area contributed by atoms with E-state index < -0.39 is 0 Å². The first kappa shape index (κ1) is 23.4. The number of anilines is 1. The lowest BCUT2D eigenvalue weighted by Gasteiger charge is -2.25. The molecule has 0 saturated carbocycles. The van der Waals surface area contributed by atoms with E-state index in [4.69, 9.17) is 24.0 Å². The van der Waals surface area contributed by atoms with E-state index in [-0.39, 0.29) is 11.8 Å². The Labute approximate surface area is 210 Å². The van der Waals surface area contributed by atoms with E-state index >= 15 is 0 Å². The summed E-state index contributed by atoms with van der Waals surface area (Å²) >= 11 is 0. The molecule has 1 N–H and O–H groups in total. The highest BCUT2D eigenvalue weighted by Gasteiger charge is 2.34. The molecule has 0 amide bonds. The molecule has 1 unspecified atom stereocenters. The van der Waals surface area contributed by atoms with E-state index in [0.29, 0.717) is 29.2 Å². The van der Waals surface area contributed by atoms with Crippen LogP contribution in [-0.4, -0.2) is 39.3 Å². The average Bonchev–Trinajstić information content (AvgIpc) is 3.36. The summed E-state index contributed by atoms with van der Waals surface area (Å²) in [4.78, 5) is 0. The molecule has 0 aliphatic carbocycles. The molecule has 184 valence electrons. The third-order valence-corrected chi connectivity index (χ3v) is 6.54. The lowest BCUT2D eigenvalue weighted by molar-refractivity contribution is 0.384. The van der Waals surface area contributed by atoms with Gasteiger partial charge < -0.3 is 24.1 Å². The Balaban J connectivity index is 1.67. The third-order valence-electron chi connectivity index (χ3n) is 6.54. The van der Waals surface area contributed by atoms with Gasteiger partial charge in [-0.1, -0.05) is 30.3 Å². The van der Waals surface area contributed by atoms with Crippen LogP contribution in [0.4, 0.5) is 5.69 Å². The zero-order valence-electron chi connectivity index (χ0n) is 20.7. The molecule has 7 nitrogen and oxygen atoms in total. The quantitative estimate of drug-likeness (QED) is 0.350. The van der Waals surface area contributed by atoms with Crippen LogP contribution in [-0.2, 0) is 0 Å². The number of aromatic hydroxyl groups is 1. The zero-order valence-corrected chi connectivity index (χ0v) is 20.7. The van der Waals surface area contributed by atoms with Crippen LogP contribution >= 0.6 is 0 Å². The lowest BCUT2D eigenvalue weighted by Crippen LogP contribution is -2.18. The van der Waals surface area contributed by atoms with Crippen LogP contribution in [0, 0.1) is 0 Å².